The number of esters is 2. The van der Waals surface area contributed by atoms with Crippen LogP contribution in [0.4, 0.5) is 0 Å². The minimum Gasteiger partial charge on any atom is -0.463 e. The lowest BCUT2D eigenvalue weighted by molar-refractivity contribution is -0.159. The van der Waals surface area contributed by atoms with Crippen molar-refractivity contribution in [3.63, 3.8) is 0 Å². The zero-order valence-electron chi connectivity index (χ0n) is 22.7. The van der Waals surface area contributed by atoms with E-state index >= 15 is 0 Å². The Hall–Kier alpha value is -1.10. The molecule has 0 amide bonds. The van der Waals surface area contributed by atoms with Gasteiger partial charge in [-0.2, -0.15) is 0 Å². The van der Waals surface area contributed by atoms with Crippen LogP contribution in [-0.4, -0.2) is 36.4 Å². The van der Waals surface area contributed by atoms with Crippen molar-refractivity contribution in [2.45, 2.75) is 117 Å². The normalized spacial score (nSPS) is 41.3. The third-order valence-corrected chi connectivity index (χ3v) is 11.3. The maximum absolute atomic E-state index is 12.3. The summed E-state index contributed by atoms with van der Waals surface area (Å²) >= 11 is 0. The summed E-state index contributed by atoms with van der Waals surface area (Å²) in [5.74, 6) is 3.61. The number of fused-ring (bicyclic) bond motifs is 5. The molecule has 1 N–H and O–H groups in total. The fraction of sp³-hybridized carbons (Fsp3) is 0.933. The van der Waals surface area contributed by atoms with Crippen LogP contribution in [0.3, 0.4) is 0 Å². The van der Waals surface area contributed by atoms with E-state index < -0.39 is 5.97 Å². The van der Waals surface area contributed by atoms with Crippen molar-refractivity contribution in [1.29, 1.82) is 0 Å². The van der Waals surface area contributed by atoms with Gasteiger partial charge in [0.1, 0.15) is 0 Å². The molecule has 0 aliphatic heterocycles. The molecule has 0 radical (unpaired) electrons. The summed E-state index contributed by atoms with van der Waals surface area (Å²) in [7, 11) is 0. The van der Waals surface area contributed by atoms with Crippen LogP contribution in [0.15, 0.2) is 0 Å². The number of carbonyl (C=O) groups excluding carboxylic acids is 2. The lowest BCUT2D eigenvalue weighted by Crippen LogP contribution is -2.54. The van der Waals surface area contributed by atoms with Gasteiger partial charge >= 0.3 is 11.9 Å². The zero-order chi connectivity index (χ0) is 25.2. The number of aliphatic hydroxyl groups excluding tert-OH is 1. The molecule has 5 heteroatoms. The van der Waals surface area contributed by atoms with E-state index in [1.807, 2.05) is 6.92 Å². The van der Waals surface area contributed by atoms with Crippen LogP contribution in [0.5, 0.6) is 0 Å². The Bertz CT molecular complexity index is 751. The number of aliphatic hydroxyl groups is 1. The molecular formula is C30H50O5. The number of hydrogen-bond donors (Lipinski definition) is 1. The van der Waals surface area contributed by atoms with Gasteiger partial charge in [-0.3, -0.25) is 4.79 Å². The fourth-order valence-corrected chi connectivity index (χ4v) is 9.34. The second-order valence-corrected chi connectivity index (χ2v) is 13.1. The summed E-state index contributed by atoms with van der Waals surface area (Å²) < 4.78 is 10.3. The molecule has 0 spiro atoms. The van der Waals surface area contributed by atoms with Crippen LogP contribution < -0.4 is 0 Å². The molecule has 0 heterocycles. The number of hydrogen-bond acceptors (Lipinski definition) is 5. The maximum atomic E-state index is 12.3. The summed E-state index contributed by atoms with van der Waals surface area (Å²) in [5, 5.41) is 10.3. The van der Waals surface area contributed by atoms with Gasteiger partial charge in [0, 0.05) is 6.42 Å². The average molecular weight is 491 g/mol. The average Bonchev–Trinajstić information content (AvgIpc) is 3.19. The fourth-order valence-electron chi connectivity index (χ4n) is 9.34. The SMILES string of the molecule is CCCCOC(=O)COC(=O)CC[C@@H](C)[C@H]1CC[C@H]2[C@@H]3CCC4C[C@H](O)CC[C@]4(C)[C@H]3CC[C@]12C. The van der Waals surface area contributed by atoms with Gasteiger partial charge < -0.3 is 14.6 Å². The smallest absolute Gasteiger partial charge is 0.344 e. The predicted molar refractivity (Wildman–Crippen MR) is 136 cm³/mol. The monoisotopic (exact) mass is 490 g/mol. The summed E-state index contributed by atoms with van der Waals surface area (Å²) in [5.41, 5.74) is 0.805. The van der Waals surface area contributed by atoms with Crippen LogP contribution in [0.25, 0.3) is 0 Å². The van der Waals surface area contributed by atoms with E-state index in [1.54, 1.807) is 0 Å². The molecule has 4 aliphatic carbocycles. The molecule has 0 aromatic carbocycles. The lowest BCUT2D eigenvalue weighted by atomic mass is 9.44. The van der Waals surface area contributed by atoms with E-state index in [0.29, 0.717) is 41.6 Å². The number of rotatable bonds is 9. The van der Waals surface area contributed by atoms with Crippen molar-refractivity contribution < 1.29 is 24.2 Å². The minimum absolute atomic E-state index is 0.0754. The second-order valence-electron chi connectivity index (χ2n) is 13.1. The van der Waals surface area contributed by atoms with Gasteiger partial charge in [0.15, 0.2) is 6.61 Å². The molecule has 4 aliphatic rings. The molecule has 4 saturated carbocycles. The van der Waals surface area contributed by atoms with Gasteiger partial charge in [-0.15, -0.1) is 0 Å². The Morgan fingerprint density at radius 2 is 1.69 bits per heavy atom. The highest BCUT2D eigenvalue weighted by Crippen LogP contribution is 2.68. The molecule has 35 heavy (non-hydrogen) atoms. The molecule has 5 nitrogen and oxygen atoms in total. The highest BCUT2D eigenvalue weighted by Gasteiger charge is 2.60. The summed E-state index contributed by atoms with van der Waals surface area (Å²) in [4.78, 5) is 24.0. The van der Waals surface area contributed by atoms with Crippen molar-refractivity contribution in [2.75, 3.05) is 13.2 Å². The topological polar surface area (TPSA) is 72.8 Å². The minimum atomic E-state index is -0.446. The number of carbonyl (C=O) groups is 2. The van der Waals surface area contributed by atoms with Gasteiger partial charge in [0.25, 0.3) is 0 Å². The third kappa shape index (κ3) is 5.45. The predicted octanol–water partition coefficient (Wildman–Crippen LogP) is 6.31. The summed E-state index contributed by atoms with van der Waals surface area (Å²) in [6, 6.07) is 0. The van der Waals surface area contributed by atoms with E-state index in [4.69, 9.17) is 9.47 Å². The zero-order valence-corrected chi connectivity index (χ0v) is 22.7. The quantitative estimate of drug-likeness (QED) is 0.303. The first-order valence-corrected chi connectivity index (χ1v) is 14.7. The molecule has 9 atom stereocenters. The van der Waals surface area contributed by atoms with Crippen molar-refractivity contribution in [3.05, 3.63) is 0 Å². The molecule has 0 bridgehead atoms. The van der Waals surface area contributed by atoms with E-state index in [-0.39, 0.29) is 18.7 Å². The van der Waals surface area contributed by atoms with Gasteiger partial charge in [0.05, 0.1) is 12.7 Å². The van der Waals surface area contributed by atoms with Gasteiger partial charge in [-0.25, -0.2) is 4.79 Å². The Morgan fingerprint density at radius 1 is 0.943 bits per heavy atom. The molecule has 0 aromatic heterocycles. The highest BCUT2D eigenvalue weighted by molar-refractivity contribution is 5.76. The highest BCUT2D eigenvalue weighted by atomic mass is 16.6. The van der Waals surface area contributed by atoms with Gasteiger partial charge in [-0.05, 0) is 117 Å². The summed E-state index contributed by atoms with van der Waals surface area (Å²) in [6.07, 6.45) is 14.1. The first-order chi connectivity index (χ1) is 16.7. The second kappa shape index (κ2) is 11.1. The Balaban J connectivity index is 1.29. The van der Waals surface area contributed by atoms with Crippen LogP contribution in [0, 0.1) is 46.3 Å². The Labute approximate surface area is 213 Å². The summed E-state index contributed by atoms with van der Waals surface area (Å²) in [6.45, 7) is 9.63. The Kier molecular flexibility index (Phi) is 8.55. The van der Waals surface area contributed by atoms with Crippen LogP contribution in [-0.2, 0) is 19.1 Å². The molecule has 1 unspecified atom stereocenters. The lowest BCUT2D eigenvalue weighted by Gasteiger charge is -2.61. The third-order valence-electron chi connectivity index (χ3n) is 11.3. The first-order valence-electron chi connectivity index (χ1n) is 14.7. The van der Waals surface area contributed by atoms with E-state index in [9.17, 15) is 14.7 Å². The van der Waals surface area contributed by atoms with Crippen molar-refractivity contribution in [3.8, 4) is 0 Å². The van der Waals surface area contributed by atoms with Crippen LogP contribution in [0.1, 0.15) is 111 Å². The van der Waals surface area contributed by atoms with Crippen molar-refractivity contribution >= 4 is 11.9 Å². The molecule has 4 fully saturated rings. The molecule has 0 aromatic rings. The number of unbranched alkanes of at least 4 members (excludes halogenated alkanes) is 1. The van der Waals surface area contributed by atoms with Gasteiger partial charge in [-0.1, -0.05) is 34.1 Å². The standard InChI is InChI=1S/C30H50O5/c1-5-6-17-34-28(33)19-35-27(32)12-7-20(2)24-10-11-25-23-9-8-21-18-22(31)13-15-29(21,3)26(23)14-16-30(24,25)4/h20-26,31H,5-19H2,1-4H3/t20-,21?,22-,23+,24-,25+,26+,29+,30-/m1/s1. The first kappa shape index (κ1) is 26.9. The van der Waals surface area contributed by atoms with Crippen molar-refractivity contribution in [1.82, 2.24) is 0 Å². The molecular weight excluding hydrogens is 440 g/mol. The largest absolute Gasteiger partial charge is 0.463 e. The molecule has 200 valence electrons. The van der Waals surface area contributed by atoms with E-state index in [1.165, 1.54) is 44.9 Å². The van der Waals surface area contributed by atoms with Crippen LogP contribution >= 0.6 is 0 Å². The van der Waals surface area contributed by atoms with Crippen molar-refractivity contribution in [2.24, 2.45) is 46.3 Å². The van der Waals surface area contributed by atoms with E-state index in [2.05, 4.69) is 20.8 Å². The number of ether oxygens (including phenoxy) is 2. The molecule has 4 rings (SSSR count). The van der Waals surface area contributed by atoms with E-state index in [0.717, 1.165) is 49.9 Å². The Morgan fingerprint density at radius 3 is 2.46 bits per heavy atom. The van der Waals surface area contributed by atoms with Crippen LogP contribution in [0.2, 0.25) is 0 Å². The van der Waals surface area contributed by atoms with Gasteiger partial charge in [0.2, 0.25) is 0 Å². The molecule has 0 saturated heterocycles. The maximum Gasteiger partial charge on any atom is 0.344 e.